The molecular formula is C21H22N4S. The number of aromatic nitrogens is 2. The molecule has 0 aliphatic carbocycles. The number of anilines is 1. The van der Waals surface area contributed by atoms with Crippen LogP contribution in [-0.2, 0) is 0 Å². The summed E-state index contributed by atoms with van der Waals surface area (Å²) in [7, 11) is 0. The Morgan fingerprint density at radius 2 is 1.77 bits per heavy atom. The highest BCUT2D eigenvalue weighted by atomic mass is 32.1. The van der Waals surface area contributed by atoms with E-state index >= 15 is 0 Å². The number of benzene rings is 2. The van der Waals surface area contributed by atoms with E-state index in [0.29, 0.717) is 5.92 Å². The van der Waals surface area contributed by atoms with E-state index in [9.17, 15) is 0 Å². The predicted molar refractivity (Wildman–Crippen MR) is 111 cm³/mol. The number of nitrogens with one attached hydrogen (secondary N) is 1. The highest BCUT2D eigenvalue weighted by Crippen LogP contribution is 2.27. The van der Waals surface area contributed by atoms with Crippen molar-refractivity contribution in [3.05, 3.63) is 65.5 Å². The summed E-state index contributed by atoms with van der Waals surface area (Å²) in [5.74, 6) is 0.545. The van der Waals surface area contributed by atoms with Gasteiger partial charge in [0.05, 0.1) is 22.4 Å². The van der Waals surface area contributed by atoms with Crippen LogP contribution in [0.5, 0.6) is 0 Å². The third-order valence-electron chi connectivity index (χ3n) is 5.07. The minimum Gasteiger partial charge on any atom is -0.348 e. The monoisotopic (exact) mass is 362 g/mol. The zero-order chi connectivity index (χ0) is 18.1. The van der Waals surface area contributed by atoms with Gasteiger partial charge in [0.15, 0.2) is 5.11 Å². The number of likely N-dealkylation sites (tertiary alicyclic amines) is 1. The minimum absolute atomic E-state index is 0.545. The lowest BCUT2D eigenvalue weighted by molar-refractivity contribution is 0.518. The van der Waals surface area contributed by atoms with Crippen LogP contribution in [0.1, 0.15) is 29.3 Å². The number of fused-ring (bicyclic) bond motifs is 1. The second-order valence-electron chi connectivity index (χ2n) is 6.87. The van der Waals surface area contributed by atoms with Crippen LogP contribution in [0.15, 0.2) is 48.5 Å². The Bertz CT molecular complexity index is 955. The Morgan fingerprint density at radius 1 is 1.04 bits per heavy atom. The molecule has 0 amide bonds. The van der Waals surface area contributed by atoms with Gasteiger partial charge in [0.25, 0.3) is 0 Å². The summed E-state index contributed by atoms with van der Waals surface area (Å²) in [4.78, 5) is 11.5. The van der Waals surface area contributed by atoms with Crippen molar-refractivity contribution in [2.24, 2.45) is 0 Å². The summed E-state index contributed by atoms with van der Waals surface area (Å²) < 4.78 is 0. The molecule has 5 heteroatoms. The van der Waals surface area contributed by atoms with Crippen molar-refractivity contribution in [2.45, 2.75) is 26.2 Å². The quantitative estimate of drug-likeness (QED) is 0.683. The first kappa shape index (κ1) is 16.9. The van der Waals surface area contributed by atoms with Crippen molar-refractivity contribution in [1.29, 1.82) is 0 Å². The average molecular weight is 363 g/mol. The molecule has 1 N–H and O–H groups in total. The lowest BCUT2D eigenvalue weighted by Crippen LogP contribution is -2.32. The molecule has 2 aromatic carbocycles. The molecule has 0 saturated carbocycles. The second-order valence-corrected chi connectivity index (χ2v) is 7.26. The van der Waals surface area contributed by atoms with Gasteiger partial charge in [-0.1, -0.05) is 30.3 Å². The van der Waals surface area contributed by atoms with E-state index in [0.717, 1.165) is 52.7 Å². The number of aryl methyl sites for hydroxylation is 2. The van der Waals surface area contributed by atoms with Crippen LogP contribution >= 0.6 is 12.2 Å². The summed E-state index contributed by atoms with van der Waals surface area (Å²) in [5.41, 5.74) is 6.09. The molecule has 1 fully saturated rings. The van der Waals surface area contributed by atoms with Gasteiger partial charge in [-0.25, -0.2) is 9.97 Å². The largest absolute Gasteiger partial charge is 0.348 e. The van der Waals surface area contributed by atoms with Gasteiger partial charge in [0.1, 0.15) is 0 Å². The number of hydrogen-bond acceptors (Lipinski definition) is 3. The lowest BCUT2D eigenvalue weighted by Gasteiger charge is -2.21. The van der Waals surface area contributed by atoms with Crippen LogP contribution in [0, 0.1) is 13.8 Å². The van der Waals surface area contributed by atoms with Crippen molar-refractivity contribution < 1.29 is 0 Å². The molecule has 4 rings (SSSR count). The predicted octanol–water partition coefficient (Wildman–Crippen LogP) is 4.43. The molecule has 26 heavy (non-hydrogen) atoms. The average Bonchev–Trinajstić information content (AvgIpc) is 3.14. The molecule has 0 bridgehead atoms. The fraction of sp³-hybridized carbons (Fsp3) is 0.286. The third kappa shape index (κ3) is 3.40. The Labute approximate surface area is 159 Å². The van der Waals surface area contributed by atoms with Crippen LogP contribution in [0.25, 0.3) is 11.0 Å². The van der Waals surface area contributed by atoms with Crippen LogP contribution in [0.4, 0.5) is 5.69 Å². The van der Waals surface area contributed by atoms with E-state index in [4.69, 9.17) is 12.2 Å². The van der Waals surface area contributed by atoms with Crippen LogP contribution < -0.4 is 5.32 Å². The zero-order valence-electron chi connectivity index (χ0n) is 15.1. The summed E-state index contributed by atoms with van der Waals surface area (Å²) in [5, 5.41) is 4.15. The normalized spacial score (nSPS) is 16.8. The number of nitrogens with zero attached hydrogens (tertiary/aromatic N) is 3. The van der Waals surface area contributed by atoms with Gasteiger partial charge in [-0.15, -0.1) is 0 Å². The summed E-state index contributed by atoms with van der Waals surface area (Å²) >= 11 is 5.65. The maximum absolute atomic E-state index is 5.65. The summed E-state index contributed by atoms with van der Waals surface area (Å²) in [6.45, 7) is 5.92. The zero-order valence-corrected chi connectivity index (χ0v) is 15.9. The highest BCUT2D eigenvalue weighted by molar-refractivity contribution is 7.80. The lowest BCUT2D eigenvalue weighted by atomic mass is 9.99. The number of rotatable bonds is 2. The molecule has 132 valence electrons. The van der Waals surface area contributed by atoms with Crippen molar-refractivity contribution in [2.75, 3.05) is 18.4 Å². The first-order valence-corrected chi connectivity index (χ1v) is 9.37. The van der Waals surface area contributed by atoms with Gasteiger partial charge in [-0.05, 0) is 56.2 Å². The number of hydrogen-bond donors (Lipinski definition) is 1. The highest BCUT2D eigenvalue weighted by Gasteiger charge is 2.25. The van der Waals surface area contributed by atoms with Crippen LogP contribution in [-0.4, -0.2) is 33.1 Å². The molecule has 1 atom stereocenters. The SMILES string of the molecule is Cc1nc2ccc(NC(=S)N3CCC(c4ccccc4)C3)cc2nc1C. The van der Waals surface area contributed by atoms with Gasteiger partial charge < -0.3 is 10.2 Å². The minimum atomic E-state index is 0.545. The molecule has 1 saturated heterocycles. The summed E-state index contributed by atoms with van der Waals surface area (Å²) in [6.07, 6.45) is 1.13. The fourth-order valence-corrected chi connectivity index (χ4v) is 3.74. The molecular weight excluding hydrogens is 340 g/mol. The van der Waals surface area contributed by atoms with Gasteiger partial charge in [0, 0.05) is 24.7 Å². The first-order chi connectivity index (χ1) is 12.6. The molecule has 1 unspecified atom stereocenters. The molecule has 1 aromatic heterocycles. The maximum Gasteiger partial charge on any atom is 0.173 e. The van der Waals surface area contributed by atoms with E-state index in [2.05, 4.69) is 50.5 Å². The smallest absolute Gasteiger partial charge is 0.173 e. The maximum atomic E-state index is 5.65. The van der Waals surface area contributed by atoms with E-state index in [1.165, 1.54) is 5.56 Å². The van der Waals surface area contributed by atoms with Crippen molar-refractivity contribution >= 4 is 34.1 Å². The topological polar surface area (TPSA) is 41.1 Å². The Hall–Kier alpha value is -2.53. The molecule has 4 nitrogen and oxygen atoms in total. The Kier molecular flexibility index (Phi) is 4.55. The summed E-state index contributed by atoms with van der Waals surface area (Å²) in [6, 6.07) is 16.7. The Balaban J connectivity index is 1.46. The van der Waals surface area contributed by atoms with Crippen molar-refractivity contribution in [3.63, 3.8) is 0 Å². The van der Waals surface area contributed by atoms with Crippen LogP contribution in [0.2, 0.25) is 0 Å². The van der Waals surface area contributed by atoms with Gasteiger partial charge in [0.2, 0.25) is 0 Å². The first-order valence-electron chi connectivity index (χ1n) is 8.96. The van der Waals surface area contributed by atoms with E-state index in [-0.39, 0.29) is 0 Å². The molecule has 2 heterocycles. The Morgan fingerprint density at radius 3 is 2.54 bits per heavy atom. The second kappa shape index (κ2) is 7.00. The van der Waals surface area contributed by atoms with Crippen molar-refractivity contribution in [3.8, 4) is 0 Å². The molecule has 1 aliphatic rings. The van der Waals surface area contributed by atoms with Gasteiger partial charge in [-0.2, -0.15) is 0 Å². The fourth-order valence-electron chi connectivity index (χ4n) is 3.45. The van der Waals surface area contributed by atoms with Crippen molar-refractivity contribution in [1.82, 2.24) is 14.9 Å². The van der Waals surface area contributed by atoms with E-state index < -0.39 is 0 Å². The number of thiocarbonyl (C=S) groups is 1. The molecule has 3 aromatic rings. The van der Waals surface area contributed by atoms with Gasteiger partial charge >= 0.3 is 0 Å². The standard InChI is InChI=1S/C21H22N4S/c1-14-15(2)23-20-12-18(8-9-19(20)22-14)24-21(26)25-11-10-17(13-25)16-6-4-3-5-7-16/h3-9,12,17H,10-11,13H2,1-2H3,(H,24,26). The third-order valence-corrected chi connectivity index (χ3v) is 5.43. The molecule has 0 spiro atoms. The van der Waals surface area contributed by atoms with E-state index in [1.807, 2.05) is 32.0 Å². The van der Waals surface area contributed by atoms with E-state index in [1.54, 1.807) is 0 Å². The molecule has 1 aliphatic heterocycles. The van der Waals surface area contributed by atoms with Crippen LogP contribution in [0.3, 0.4) is 0 Å². The van der Waals surface area contributed by atoms with Gasteiger partial charge in [-0.3, -0.25) is 0 Å². The molecule has 0 radical (unpaired) electrons.